The smallest absolute Gasteiger partial charge is 0.123 e. The molecule has 2 N–H and O–H groups in total. The first kappa shape index (κ1) is 16.3. The van der Waals surface area contributed by atoms with Crippen LogP contribution in [0.3, 0.4) is 0 Å². The minimum Gasteiger partial charge on any atom is -0.496 e. The van der Waals surface area contributed by atoms with E-state index in [2.05, 4.69) is 31.0 Å². The van der Waals surface area contributed by atoms with Gasteiger partial charge in [-0.2, -0.15) is 0 Å². The van der Waals surface area contributed by atoms with Gasteiger partial charge in [-0.15, -0.1) is 0 Å². The predicted molar refractivity (Wildman–Crippen MR) is 88.5 cm³/mol. The molecular weight excluding hydrogens is 260 g/mol. The van der Waals surface area contributed by atoms with Crippen molar-refractivity contribution in [1.82, 2.24) is 4.90 Å². The summed E-state index contributed by atoms with van der Waals surface area (Å²) in [6, 6.07) is 7.06. The van der Waals surface area contributed by atoms with Crippen LogP contribution in [0, 0.1) is 5.92 Å². The quantitative estimate of drug-likeness (QED) is 0.898. The van der Waals surface area contributed by atoms with Gasteiger partial charge in [-0.1, -0.05) is 25.8 Å². The zero-order valence-electron chi connectivity index (χ0n) is 13.9. The van der Waals surface area contributed by atoms with E-state index in [0.717, 1.165) is 18.2 Å². The first-order valence-electron chi connectivity index (χ1n) is 8.15. The number of hydrogen-bond donors (Lipinski definition) is 1. The summed E-state index contributed by atoms with van der Waals surface area (Å²) in [7, 11) is 3.98. The lowest BCUT2D eigenvalue weighted by Crippen LogP contribution is -2.38. The maximum atomic E-state index is 6.02. The highest BCUT2D eigenvalue weighted by molar-refractivity contribution is 5.38. The molecule has 1 aromatic rings. The summed E-state index contributed by atoms with van der Waals surface area (Å²) in [6.45, 7) is 5.34. The van der Waals surface area contributed by atoms with Crippen LogP contribution in [0.4, 0.5) is 0 Å². The van der Waals surface area contributed by atoms with Crippen LogP contribution in [-0.2, 0) is 6.54 Å². The Bertz CT molecular complexity index is 459. The van der Waals surface area contributed by atoms with Gasteiger partial charge in [0, 0.05) is 24.2 Å². The summed E-state index contributed by atoms with van der Waals surface area (Å²) in [5.41, 5.74) is 8.44. The van der Waals surface area contributed by atoms with E-state index in [4.69, 9.17) is 10.5 Å². The molecule has 0 heterocycles. The maximum Gasteiger partial charge on any atom is 0.123 e. The van der Waals surface area contributed by atoms with Crippen molar-refractivity contribution in [2.24, 2.45) is 11.7 Å². The van der Waals surface area contributed by atoms with E-state index in [1.54, 1.807) is 7.11 Å². The molecule has 0 radical (unpaired) electrons. The molecule has 1 aromatic carbocycles. The van der Waals surface area contributed by atoms with Crippen LogP contribution < -0.4 is 10.5 Å². The van der Waals surface area contributed by atoms with Crippen molar-refractivity contribution < 1.29 is 4.74 Å². The molecule has 3 heteroatoms. The van der Waals surface area contributed by atoms with Crippen LogP contribution in [0.5, 0.6) is 5.75 Å². The Labute approximate surface area is 129 Å². The van der Waals surface area contributed by atoms with Crippen molar-refractivity contribution in [1.29, 1.82) is 0 Å². The van der Waals surface area contributed by atoms with E-state index in [-0.39, 0.29) is 6.04 Å². The van der Waals surface area contributed by atoms with Gasteiger partial charge in [0.15, 0.2) is 0 Å². The fourth-order valence-corrected chi connectivity index (χ4v) is 3.54. The lowest BCUT2D eigenvalue weighted by molar-refractivity contribution is 0.132. The Hall–Kier alpha value is -1.06. The highest BCUT2D eigenvalue weighted by Crippen LogP contribution is 2.30. The van der Waals surface area contributed by atoms with Crippen molar-refractivity contribution >= 4 is 0 Å². The molecule has 0 spiro atoms. The second-order valence-corrected chi connectivity index (χ2v) is 6.60. The van der Waals surface area contributed by atoms with Gasteiger partial charge in [0.25, 0.3) is 0 Å². The molecule has 3 unspecified atom stereocenters. The molecule has 0 aromatic heterocycles. The highest BCUT2D eigenvalue weighted by atomic mass is 16.5. The Morgan fingerprint density at radius 1 is 1.33 bits per heavy atom. The van der Waals surface area contributed by atoms with Crippen molar-refractivity contribution in [2.75, 3.05) is 14.2 Å². The minimum atomic E-state index is 0.0635. The molecule has 1 aliphatic rings. The van der Waals surface area contributed by atoms with Crippen LogP contribution in [0.1, 0.15) is 56.7 Å². The Morgan fingerprint density at radius 3 is 2.67 bits per heavy atom. The normalized spacial score (nSPS) is 24.1. The number of rotatable bonds is 5. The monoisotopic (exact) mass is 290 g/mol. The molecule has 1 fully saturated rings. The second kappa shape index (κ2) is 7.28. The Balaban J connectivity index is 2.14. The van der Waals surface area contributed by atoms with E-state index in [1.807, 2.05) is 13.0 Å². The largest absolute Gasteiger partial charge is 0.496 e. The maximum absolute atomic E-state index is 6.02. The molecule has 118 valence electrons. The average molecular weight is 290 g/mol. The number of nitrogens with zero attached hydrogens (tertiary/aromatic N) is 1. The second-order valence-electron chi connectivity index (χ2n) is 6.60. The third kappa shape index (κ3) is 3.98. The first-order chi connectivity index (χ1) is 10.0. The third-order valence-electron chi connectivity index (χ3n) is 4.88. The number of ether oxygens (including phenoxy) is 1. The Morgan fingerprint density at radius 2 is 2.05 bits per heavy atom. The number of methoxy groups -OCH3 is 1. The van der Waals surface area contributed by atoms with E-state index >= 15 is 0 Å². The standard InChI is InChI=1S/C18H30N2O/c1-13-7-5-6-8-17(13)20(3)12-16-11-15(14(2)19)9-10-18(16)21-4/h9-11,13-14,17H,5-8,12,19H2,1-4H3. The summed E-state index contributed by atoms with van der Waals surface area (Å²) < 4.78 is 5.53. The number of nitrogens with two attached hydrogens (primary N) is 1. The molecule has 3 atom stereocenters. The van der Waals surface area contributed by atoms with Crippen LogP contribution in [0.2, 0.25) is 0 Å². The molecule has 21 heavy (non-hydrogen) atoms. The first-order valence-corrected chi connectivity index (χ1v) is 8.15. The van der Waals surface area contributed by atoms with E-state index < -0.39 is 0 Å². The summed E-state index contributed by atoms with van der Waals surface area (Å²) in [4.78, 5) is 2.49. The average Bonchev–Trinajstić information content (AvgIpc) is 2.47. The molecule has 2 rings (SSSR count). The molecule has 3 nitrogen and oxygen atoms in total. The van der Waals surface area contributed by atoms with Gasteiger partial charge in [-0.3, -0.25) is 4.90 Å². The van der Waals surface area contributed by atoms with E-state index in [1.165, 1.54) is 36.8 Å². The van der Waals surface area contributed by atoms with Crippen molar-refractivity contribution in [3.8, 4) is 5.75 Å². The van der Waals surface area contributed by atoms with Crippen LogP contribution in [-0.4, -0.2) is 25.1 Å². The topological polar surface area (TPSA) is 38.5 Å². The van der Waals surface area contributed by atoms with Gasteiger partial charge in [0.2, 0.25) is 0 Å². The molecular formula is C18H30N2O. The lowest BCUT2D eigenvalue weighted by Gasteiger charge is -2.36. The van der Waals surface area contributed by atoms with Gasteiger partial charge >= 0.3 is 0 Å². The molecule has 0 bridgehead atoms. The third-order valence-corrected chi connectivity index (χ3v) is 4.88. The molecule has 1 saturated carbocycles. The SMILES string of the molecule is COc1ccc(C(C)N)cc1CN(C)C1CCCCC1C. The molecule has 1 aliphatic carbocycles. The van der Waals surface area contributed by atoms with Crippen molar-refractivity contribution in [2.45, 2.75) is 58.2 Å². The lowest BCUT2D eigenvalue weighted by atomic mass is 9.85. The number of benzene rings is 1. The molecule has 0 amide bonds. The highest BCUT2D eigenvalue weighted by Gasteiger charge is 2.25. The molecule has 0 saturated heterocycles. The van der Waals surface area contributed by atoms with Crippen LogP contribution >= 0.6 is 0 Å². The summed E-state index contributed by atoms with van der Waals surface area (Å²) in [5.74, 6) is 1.75. The summed E-state index contributed by atoms with van der Waals surface area (Å²) in [6.07, 6.45) is 5.41. The van der Waals surface area contributed by atoms with Crippen LogP contribution in [0.25, 0.3) is 0 Å². The van der Waals surface area contributed by atoms with Gasteiger partial charge in [-0.05, 0) is 50.4 Å². The van der Waals surface area contributed by atoms with Crippen molar-refractivity contribution in [3.63, 3.8) is 0 Å². The van der Waals surface area contributed by atoms with Crippen LogP contribution in [0.15, 0.2) is 18.2 Å². The van der Waals surface area contributed by atoms with Gasteiger partial charge in [0.1, 0.15) is 5.75 Å². The molecule has 0 aliphatic heterocycles. The van der Waals surface area contributed by atoms with Gasteiger partial charge < -0.3 is 10.5 Å². The fraction of sp³-hybridized carbons (Fsp3) is 0.667. The number of hydrogen-bond acceptors (Lipinski definition) is 3. The van der Waals surface area contributed by atoms with Gasteiger partial charge in [-0.25, -0.2) is 0 Å². The van der Waals surface area contributed by atoms with Gasteiger partial charge in [0.05, 0.1) is 7.11 Å². The van der Waals surface area contributed by atoms with Crippen molar-refractivity contribution in [3.05, 3.63) is 29.3 Å². The Kier molecular flexibility index (Phi) is 5.65. The fourth-order valence-electron chi connectivity index (χ4n) is 3.54. The minimum absolute atomic E-state index is 0.0635. The summed E-state index contributed by atoms with van der Waals surface area (Å²) in [5, 5.41) is 0. The predicted octanol–water partition coefficient (Wildman–Crippen LogP) is 3.73. The van der Waals surface area contributed by atoms with E-state index in [0.29, 0.717) is 6.04 Å². The zero-order valence-corrected chi connectivity index (χ0v) is 13.9. The summed E-state index contributed by atoms with van der Waals surface area (Å²) >= 11 is 0. The zero-order chi connectivity index (χ0) is 15.4. The van der Waals surface area contributed by atoms with E-state index in [9.17, 15) is 0 Å².